The van der Waals surface area contributed by atoms with Crippen LogP contribution in [0.1, 0.15) is 51.9 Å². The molecule has 0 saturated carbocycles. The Kier molecular flexibility index (Phi) is 7.65. The number of amidine groups is 1. The molecule has 3 heteroatoms. The Morgan fingerprint density at radius 1 is 1.12 bits per heavy atom. The third-order valence-corrected chi connectivity index (χ3v) is 3.42. The fraction of sp³-hybridized carbons (Fsp3) is 0.923. The van der Waals surface area contributed by atoms with E-state index in [1.54, 1.807) is 0 Å². The van der Waals surface area contributed by atoms with Crippen LogP contribution in [0.25, 0.3) is 0 Å². The van der Waals surface area contributed by atoms with Crippen LogP contribution in [0.2, 0.25) is 0 Å². The maximum absolute atomic E-state index is 5.83. The molecule has 0 amide bonds. The zero-order chi connectivity index (χ0) is 11.6. The predicted molar refractivity (Wildman–Crippen MR) is 72.6 cm³/mol. The van der Waals surface area contributed by atoms with Crippen LogP contribution >= 0.6 is 11.6 Å². The monoisotopic (exact) mass is 244 g/mol. The molecule has 16 heavy (non-hydrogen) atoms. The lowest BCUT2D eigenvalue weighted by atomic mass is 10.1. The molecule has 2 nitrogen and oxygen atoms in total. The summed E-state index contributed by atoms with van der Waals surface area (Å²) in [6.45, 7) is 5.44. The Hall–Kier alpha value is -0.240. The van der Waals surface area contributed by atoms with Crippen LogP contribution in [0.4, 0.5) is 0 Å². The third kappa shape index (κ3) is 5.20. The zero-order valence-electron chi connectivity index (χ0n) is 10.6. The summed E-state index contributed by atoms with van der Waals surface area (Å²) < 4.78 is 0. The number of aliphatic imine (C=N–C) groups is 1. The van der Waals surface area contributed by atoms with Gasteiger partial charge < -0.3 is 4.90 Å². The van der Waals surface area contributed by atoms with Crippen molar-refractivity contribution in [2.75, 3.05) is 25.5 Å². The summed E-state index contributed by atoms with van der Waals surface area (Å²) in [5.41, 5.74) is 0. The van der Waals surface area contributed by atoms with Gasteiger partial charge >= 0.3 is 0 Å². The minimum atomic E-state index is 0.580. The molecule has 0 fully saturated rings. The highest BCUT2D eigenvalue weighted by Crippen LogP contribution is 2.09. The Morgan fingerprint density at radius 2 is 1.81 bits per heavy atom. The Labute approximate surface area is 105 Å². The van der Waals surface area contributed by atoms with Crippen molar-refractivity contribution in [3.05, 3.63) is 0 Å². The summed E-state index contributed by atoms with van der Waals surface area (Å²) >= 11 is 5.83. The summed E-state index contributed by atoms with van der Waals surface area (Å²) in [6, 6.07) is 0. The number of alkyl halides is 1. The van der Waals surface area contributed by atoms with Crippen LogP contribution in [0.5, 0.6) is 0 Å². The fourth-order valence-electron chi connectivity index (χ4n) is 2.16. The SMILES string of the molecule is CCCCCCCCCN1CCN=C1CCl. The molecule has 0 spiro atoms. The van der Waals surface area contributed by atoms with Gasteiger partial charge in [0.15, 0.2) is 0 Å². The summed E-state index contributed by atoms with van der Waals surface area (Å²) in [4.78, 5) is 6.73. The largest absolute Gasteiger partial charge is 0.358 e. The minimum absolute atomic E-state index is 0.580. The van der Waals surface area contributed by atoms with E-state index in [4.69, 9.17) is 11.6 Å². The third-order valence-electron chi connectivity index (χ3n) is 3.18. The lowest BCUT2D eigenvalue weighted by molar-refractivity contribution is 0.429. The van der Waals surface area contributed by atoms with Gasteiger partial charge in [0.25, 0.3) is 0 Å². The summed E-state index contributed by atoms with van der Waals surface area (Å²) in [7, 11) is 0. The molecule has 0 saturated heterocycles. The first-order chi connectivity index (χ1) is 7.88. The average Bonchev–Trinajstić information content (AvgIpc) is 2.75. The molecular formula is C13H25ClN2. The van der Waals surface area contributed by atoms with Crippen LogP contribution in [-0.4, -0.2) is 36.2 Å². The summed E-state index contributed by atoms with van der Waals surface area (Å²) in [5, 5.41) is 0. The lowest BCUT2D eigenvalue weighted by Crippen LogP contribution is -2.29. The fourth-order valence-corrected chi connectivity index (χ4v) is 2.41. The van der Waals surface area contributed by atoms with Crippen molar-refractivity contribution in [2.45, 2.75) is 51.9 Å². The van der Waals surface area contributed by atoms with Crippen molar-refractivity contribution in [1.29, 1.82) is 0 Å². The topological polar surface area (TPSA) is 15.6 Å². The average molecular weight is 245 g/mol. The molecule has 0 radical (unpaired) electrons. The van der Waals surface area contributed by atoms with E-state index in [0.717, 1.165) is 25.5 Å². The Balaban J connectivity index is 1.93. The highest BCUT2D eigenvalue weighted by atomic mass is 35.5. The predicted octanol–water partition coefficient (Wildman–Crippen LogP) is 3.69. The number of unbranched alkanes of at least 4 members (excludes halogenated alkanes) is 6. The first-order valence-electron chi connectivity index (χ1n) is 6.72. The van der Waals surface area contributed by atoms with Crippen LogP contribution < -0.4 is 0 Å². The van der Waals surface area contributed by atoms with Gasteiger partial charge in [-0.3, -0.25) is 4.99 Å². The van der Waals surface area contributed by atoms with Crippen LogP contribution in [0.3, 0.4) is 0 Å². The molecule has 0 aliphatic carbocycles. The van der Waals surface area contributed by atoms with E-state index in [1.807, 2.05) is 0 Å². The number of nitrogens with zero attached hydrogens (tertiary/aromatic N) is 2. The molecule has 1 rings (SSSR count). The molecule has 0 aromatic carbocycles. The number of rotatable bonds is 9. The highest BCUT2D eigenvalue weighted by Gasteiger charge is 2.14. The van der Waals surface area contributed by atoms with E-state index in [9.17, 15) is 0 Å². The van der Waals surface area contributed by atoms with Gasteiger partial charge in [0, 0.05) is 13.1 Å². The van der Waals surface area contributed by atoms with E-state index in [-0.39, 0.29) is 0 Å². The molecule has 1 aliphatic heterocycles. The summed E-state index contributed by atoms with van der Waals surface area (Å²) in [5.74, 6) is 1.68. The molecule has 0 N–H and O–H groups in total. The first kappa shape index (κ1) is 13.8. The lowest BCUT2D eigenvalue weighted by Gasteiger charge is -2.18. The quantitative estimate of drug-likeness (QED) is 0.446. The molecule has 0 aromatic heterocycles. The minimum Gasteiger partial charge on any atom is -0.358 e. The molecule has 0 bridgehead atoms. The molecule has 1 aliphatic rings. The molecule has 0 unspecified atom stereocenters. The van der Waals surface area contributed by atoms with Crippen LogP contribution in [0.15, 0.2) is 4.99 Å². The second kappa shape index (κ2) is 8.86. The van der Waals surface area contributed by atoms with Crippen molar-refractivity contribution >= 4 is 17.4 Å². The molecular weight excluding hydrogens is 220 g/mol. The number of hydrogen-bond acceptors (Lipinski definition) is 2. The van der Waals surface area contributed by atoms with Crippen LogP contribution in [0, 0.1) is 0 Å². The standard InChI is InChI=1S/C13H25ClN2/c1-2-3-4-5-6-7-8-10-16-11-9-15-13(16)12-14/h2-12H2,1H3. The zero-order valence-corrected chi connectivity index (χ0v) is 11.3. The van der Waals surface area contributed by atoms with Gasteiger partial charge in [0.2, 0.25) is 0 Å². The summed E-state index contributed by atoms with van der Waals surface area (Å²) in [6.07, 6.45) is 9.59. The second-order valence-electron chi connectivity index (χ2n) is 4.54. The van der Waals surface area contributed by atoms with Crippen molar-refractivity contribution in [3.63, 3.8) is 0 Å². The molecule has 0 atom stereocenters. The van der Waals surface area contributed by atoms with Gasteiger partial charge in [-0.25, -0.2) is 0 Å². The van der Waals surface area contributed by atoms with Crippen molar-refractivity contribution in [3.8, 4) is 0 Å². The van der Waals surface area contributed by atoms with E-state index < -0.39 is 0 Å². The maximum atomic E-state index is 5.83. The highest BCUT2D eigenvalue weighted by molar-refractivity contribution is 6.28. The van der Waals surface area contributed by atoms with E-state index in [2.05, 4.69) is 16.8 Å². The Morgan fingerprint density at radius 3 is 2.50 bits per heavy atom. The normalized spacial score (nSPS) is 15.6. The van der Waals surface area contributed by atoms with Gasteiger partial charge in [-0.1, -0.05) is 45.4 Å². The number of hydrogen-bond donors (Lipinski definition) is 0. The molecule has 1 heterocycles. The van der Waals surface area contributed by atoms with Gasteiger partial charge in [-0.2, -0.15) is 0 Å². The van der Waals surface area contributed by atoms with E-state index in [1.165, 1.54) is 44.9 Å². The second-order valence-corrected chi connectivity index (χ2v) is 4.81. The maximum Gasteiger partial charge on any atom is 0.114 e. The van der Waals surface area contributed by atoms with Crippen molar-refractivity contribution < 1.29 is 0 Å². The van der Waals surface area contributed by atoms with Crippen molar-refractivity contribution in [2.24, 2.45) is 4.99 Å². The van der Waals surface area contributed by atoms with Gasteiger partial charge in [-0.05, 0) is 6.42 Å². The first-order valence-corrected chi connectivity index (χ1v) is 7.26. The van der Waals surface area contributed by atoms with Gasteiger partial charge in [-0.15, -0.1) is 11.6 Å². The van der Waals surface area contributed by atoms with E-state index in [0.29, 0.717) is 5.88 Å². The van der Waals surface area contributed by atoms with Crippen molar-refractivity contribution in [1.82, 2.24) is 4.90 Å². The van der Waals surface area contributed by atoms with Gasteiger partial charge in [0.1, 0.15) is 5.84 Å². The van der Waals surface area contributed by atoms with Crippen LogP contribution in [-0.2, 0) is 0 Å². The molecule has 94 valence electrons. The van der Waals surface area contributed by atoms with Gasteiger partial charge in [0.05, 0.1) is 12.4 Å². The Bertz CT molecular complexity index is 204. The number of halogens is 1. The smallest absolute Gasteiger partial charge is 0.114 e. The molecule has 0 aromatic rings. The van der Waals surface area contributed by atoms with E-state index >= 15 is 0 Å².